The maximum atomic E-state index is 12.0. The van der Waals surface area contributed by atoms with Crippen molar-refractivity contribution in [2.45, 2.75) is 65.7 Å². The van der Waals surface area contributed by atoms with Gasteiger partial charge in [-0.15, -0.1) is 11.3 Å². The first-order valence-electron chi connectivity index (χ1n) is 10.8. The van der Waals surface area contributed by atoms with E-state index in [-0.39, 0.29) is 11.4 Å². The van der Waals surface area contributed by atoms with Gasteiger partial charge in [-0.25, -0.2) is 9.78 Å². The van der Waals surface area contributed by atoms with Crippen LogP contribution >= 0.6 is 11.3 Å². The zero-order valence-corrected chi connectivity index (χ0v) is 20.3. The number of anilines is 2. The molecule has 168 valence electrons. The Morgan fingerprint density at radius 3 is 2.45 bits per heavy atom. The van der Waals surface area contributed by atoms with Gasteiger partial charge >= 0.3 is 5.97 Å². The van der Waals surface area contributed by atoms with Crippen LogP contribution in [0.4, 0.5) is 10.8 Å². The van der Waals surface area contributed by atoms with Gasteiger partial charge in [-0.2, -0.15) is 0 Å². The molecule has 0 saturated carbocycles. The third kappa shape index (κ3) is 4.47. The second-order valence-corrected chi connectivity index (χ2v) is 10.7. The molecule has 0 spiro atoms. The first-order valence-corrected chi connectivity index (χ1v) is 11.6. The summed E-state index contributed by atoms with van der Waals surface area (Å²) < 4.78 is 5.10. The Kier molecular flexibility index (Phi) is 6.46. The Balaban J connectivity index is 2.06. The SMILES string of the molecule is CCOC(=O)c1ccc(N(CC(C)C)c2nc3c(s2)C(C)(C)CC(=NO)C3(C)C)cc1. The molecule has 1 aromatic heterocycles. The van der Waals surface area contributed by atoms with Gasteiger partial charge in [0.2, 0.25) is 0 Å². The van der Waals surface area contributed by atoms with Gasteiger partial charge in [0.25, 0.3) is 0 Å². The number of carbonyl (C=O) groups is 1. The molecule has 1 heterocycles. The second-order valence-electron chi connectivity index (χ2n) is 9.68. The van der Waals surface area contributed by atoms with E-state index >= 15 is 0 Å². The van der Waals surface area contributed by atoms with E-state index < -0.39 is 5.41 Å². The smallest absolute Gasteiger partial charge is 0.338 e. The number of benzene rings is 1. The highest BCUT2D eigenvalue weighted by Gasteiger charge is 2.45. The molecule has 0 unspecified atom stereocenters. The minimum absolute atomic E-state index is 0.153. The fraction of sp³-hybridized carbons (Fsp3) is 0.542. The Bertz CT molecular complexity index is 974. The number of rotatable bonds is 6. The van der Waals surface area contributed by atoms with Crippen LogP contribution in [0.25, 0.3) is 0 Å². The molecule has 0 atom stereocenters. The van der Waals surface area contributed by atoms with Gasteiger partial charge in [-0.3, -0.25) is 0 Å². The van der Waals surface area contributed by atoms with Crippen molar-refractivity contribution < 1.29 is 14.7 Å². The molecule has 0 radical (unpaired) electrons. The van der Waals surface area contributed by atoms with E-state index in [1.54, 1.807) is 30.4 Å². The van der Waals surface area contributed by atoms with E-state index in [1.165, 1.54) is 4.88 Å². The van der Waals surface area contributed by atoms with Crippen molar-refractivity contribution in [3.8, 4) is 0 Å². The number of hydrogen-bond donors (Lipinski definition) is 1. The minimum Gasteiger partial charge on any atom is -0.462 e. The Morgan fingerprint density at radius 1 is 1.26 bits per heavy atom. The molecule has 1 aliphatic rings. The average Bonchev–Trinajstić information content (AvgIpc) is 3.17. The molecule has 0 fully saturated rings. The van der Waals surface area contributed by atoms with Crippen LogP contribution in [0.3, 0.4) is 0 Å². The number of fused-ring (bicyclic) bond motifs is 1. The van der Waals surface area contributed by atoms with Crippen LogP contribution in [0.1, 0.15) is 75.8 Å². The Morgan fingerprint density at radius 2 is 1.90 bits per heavy atom. The number of esters is 1. The van der Waals surface area contributed by atoms with Crippen molar-refractivity contribution in [3.63, 3.8) is 0 Å². The molecular weight excluding hydrogens is 410 g/mol. The molecule has 1 aliphatic carbocycles. The third-order valence-corrected chi connectivity index (χ3v) is 7.19. The van der Waals surface area contributed by atoms with Gasteiger partial charge in [0.1, 0.15) is 0 Å². The van der Waals surface area contributed by atoms with E-state index in [2.05, 4.69) is 51.6 Å². The normalized spacial score (nSPS) is 18.1. The maximum absolute atomic E-state index is 12.0. The first kappa shape index (κ1) is 23.3. The number of oxime groups is 1. The molecule has 0 aliphatic heterocycles. The maximum Gasteiger partial charge on any atom is 0.338 e. The van der Waals surface area contributed by atoms with E-state index in [1.807, 2.05) is 12.1 Å². The van der Waals surface area contributed by atoms with Crippen molar-refractivity contribution >= 4 is 33.8 Å². The summed E-state index contributed by atoms with van der Waals surface area (Å²) in [7, 11) is 0. The number of hydrogen-bond acceptors (Lipinski definition) is 7. The molecule has 0 amide bonds. The molecule has 6 nitrogen and oxygen atoms in total. The lowest BCUT2D eigenvalue weighted by Crippen LogP contribution is -2.41. The molecule has 1 aromatic carbocycles. The van der Waals surface area contributed by atoms with Crippen molar-refractivity contribution in [1.82, 2.24) is 4.98 Å². The topological polar surface area (TPSA) is 75.0 Å². The molecule has 0 bridgehead atoms. The highest BCUT2D eigenvalue weighted by molar-refractivity contribution is 7.16. The summed E-state index contributed by atoms with van der Waals surface area (Å²) in [6.07, 6.45) is 0.698. The van der Waals surface area contributed by atoms with Crippen LogP contribution in [-0.2, 0) is 15.6 Å². The van der Waals surface area contributed by atoms with E-state index in [0.29, 0.717) is 24.5 Å². The highest BCUT2D eigenvalue weighted by Crippen LogP contribution is 2.49. The summed E-state index contributed by atoms with van der Waals surface area (Å²) in [6, 6.07) is 7.51. The van der Waals surface area contributed by atoms with Gasteiger partial charge in [0.15, 0.2) is 5.13 Å². The number of carbonyl (C=O) groups excluding carboxylic acids is 1. The first-order chi connectivity index (χ1) is 14.5. The lowest BCUT2D eigenvalue weighted by atomic mass is 9.67. The molecule has 2 aromatic rings. The van der Waals surface area contributed by atoms with Gasteiger partial charge in [0.05, 0.1) is 23.6 Å². The van der Waals surface area contributed by atoms with Gasteiger partial charge in [-0.05, 0) is 57.4 Å². The number of ether oxygens (including phenoxy) is 1. The largest absolute Gasteiger partial charge is 0.462 e. The quantitative estimate of drug-likeness (QED) is 0.342. The third-order valence-electron chi connectivity index (χ3n) is 5.74. The Labute approximate surface area is 188 Å². The predicted molar refractivity (Wildman–Crippen MR) is 126 cm³/mol. The zero-order valence-electron chi connectivity index (χ0n) is 19.5. The molecule has 0 saturated heterocycles. The van der Waals surface area contributed by atoms with E-state index in [4.69, 9.17) is 9.72 Å². The van der Waals surface area contributed by atoms with E-state index in [9.17, 15) is 10.0 Å². The molecule has 3 rings (SSSR count). The molecular formula is C24H33N3O3S. The highest BCUT2D eigenvalue weighted by atomic mass is 32.1. The van der Waals surface area contributed by atoms with Crippen molar-refractivity contribution in [1.29, 1.82) is 0 Å². The summed E-state index contributed by atoms with van der Waals surface area (Å²) in [5.41, 5.74) is 2.69. The summed E-state index contributed by atoms with van der Waals surface area (Å²) in [6.45, 7) is 15.8. The van der Waals surface area contributed by atoms with E-state index in [0.717, 1.165) is 28.8 Å². The van der Waals surface area contributed by atoms with Gasteiger partial charge < -0.3 is 14.8 Å². The second kappa shape index (κ2) is 8.61. The van der Waals surface area contributed by atoms with Crippen LogP contribution in [-0.4, -0.2) is 35.0 Å². The average molecular weight is 444 g/mol. The monoisotopic (exact) mass is 443 g/mol. The molecule has 31 heavy (non-hydrogen) atoms. The summed E-state index contributed by atoms with van der Waals surface area (Å²) >= 11 is 1.71. The minimum atomic E-state index is -0.425. The van der Waals surface area contributed by atoms with Gasteiger partial charge in [-0.1, -0.05) is 32.9 Å². The predicted octanol–water partition coefficient (Wildman–Crippen LogP) is 5.90. The van der Waals surface area contributed by atoms with Crippen molar-refractivity contribution in [2.24, 2.45) is 11.1 Å². The fourth-order valence-electron chi connectivity index (χ4n) is 3.97. The summed E-state index contributed by atoms with van der Waals surface area (Å²) in [5, 5.41) is 14.2. The lowest BCUT2D eigenvalue weighted by Gasteiger charge is -2.38. The summed E-state index contributed by atoms with van der Waals surface area (Å²) in [4.78, 5) is 20.6. The van der Waals surface area contributed by atoms with Crippen LogP contribution < -0.4 is 4.90 Å². The number of aromatic nitrogens is 1. The number of nitrogens with zero attached hydrogens (tertiary/aromatic N) is 3. The fourth-order valence-corrected chi connectivity index (χ4v) is 5.33. The van der Waals surface area contributed by atoms with Crippen LogP contribution in [0.2, 0.25) is 0 Å². The Hall–Kier alpha value is -2.41. The van der Waals surface area contributed by atoms with Crippen molar-refractivity contribution in [2.75, 3.05) is 18.1 Å². The molecule has 7 heteroatoms. The standard InChI is InChI=1S/C24H33N3O3S/c1-8-30-21(28)16-9-11-17(12-10-16)27(14-15(2)3)22-25-19-20(31-22)23(4,5)13-18(26-29)24(19,6)7/h9-12,15,29H,8,13-14H2,1-7H3. The molecule has 1 N–H and O–H groups in total. The number of thiazole rings is 1. The zero-order chi connectivity index (χ0) is 23.0. The summed E-state index contributed by atoms with van der Waals surface area (Å²) in [5.74, 6) is 0.106. The van der Waals surface area contributed by atoms with Crippen molar-refractivity contribution in [3.05, 3.63) is 40.4 Å². The van der Waals surface area contributed by atoms with Gasteiger partial charge in [0, 0.05) is 27.9 Å². The van der Waals surface area contributed by atoms with Crippen LogP contribution in [0.5, 0.6) is 0 Å². The van der Waals surface area contributed by atoms with Crippen LogP contribution in [0, 0.1) is 5.92 Å². The lowest BCUT2D eigenvalue weighted by molar-refractivity contribution is 0.0526. The van der Waals surface area contributed by atoms with Crippen LogP contribution in [0.15, 0.2) is 29.4 Å².